The van der Waals surface area contributed by atoms with Crippen LogP contribution in [-0.2, 0) is 16.6 Å². The second-order valence-electron chi connectivity index (χ2n) is 8.81. The average molecular weight is 512 g/mol. The first-order valence-corrected chi connectivity index (χ1v) is 13.0. The monoisotopic (exact) mass is 511 g/mol. The Morgan fingerprint density at radius 2 is 1.94 bits per heavy atom. The van der Waals surface area contributed by atoms with Crippen molar-refractivity contribution in [2.24, 2.45) is 0 Å². The Balaban J connectivity index is 1.35. The van der Waals surface area contributed by atoms with Gasteiger partial charge in [0.15, 0.2) is 5.03 Å². The first-order valence-electron chi connectivity index (χ1n) is 11.5. The molecule has 4 heterocycles. The van der Waals surface area contributed by atoms with Crippen LogP contribution in [0.5, 0.6) is 0 Å². The summed E-state index contributed by atoms with van der Waals surface area (Å²) in [7, 11) is -1.77. The van der Waals surface area contributed by atoms with Crippen LogP contribution >= 0.6 is 0 Å². The number of hydrogen-bond acceptors (Lipinski definition) is 8. The Morgan fingerprint density at radius 1 is 1.14 bits per heavy atom. The molecular weight excluding hydrogens is 485 g/mol. The molecule has 1 aliphatic heterocycles. The molecule has 0 bridgehead atoms. The molecule has 1 fully saturated rings. The number of nitrogens with one attached hydrogen (secondary N) is 2. The summed E-state index contributed by atoms with van der Waals surface area (Å²) in [5.74, 6) is -0.205. The first-order chi connectivity index (χ1) is 17.3. The zero-order valence-corrected chi connectivity index (χ0v) is 20.4. The molecule has 10 nitrogen and oxygen atoms in total. The molecular formula is C24H26FN7O3S. The second-order valence-corrected chi connectivity index (χ2v) is 10.5. The van der Waals surface area contributed by atoms with E-state index in [0.29, 0.717) is 28.1 Å². The van der Waals surface area contributed by atoms with Gasteiger partial charge in [0.25, 0.3) is 10.0 Å². The number of fused-ring (bicyclic) bond motifs is 1. The lowest BCUT2D eigenvalue weighted by atomic mass is 10.1. The number of nitrogens with zero attached hydrogens (tertiary/aromatic N) is 5. The number of rotatable bonds is 7. The van der Waals surface area contributed by atoms with Crippen LogP contribution in [0, 0.1) is 5.82 Å². The lowest BCUT2D eigenvalue weighted by Crippen LogP contribution is -2.43. The van der Waals surface area contributed by atoms with Gasteiger partial charge in [-0.2, -0.15) is 5.10 Å². The third-order valence-electron chi connectivity index (χ3n) is 6.15. The van der Waals surface area contributed by atoms with E-state index in [9.17, 15) is 12.8 Å². The molecule has 3 aromatic heterocycles. The standard InChI is InChI=1S/C24H26FN7O3S/c1-31-9-6-17(7-10-31)30-36(34,35)24-5-2-16-14-26-23(13-22(16)28-24)27-21-4-3-19(12-20(21)25)32-11-8-18(15-33)29-32/h2-5,8,11-14,17,30,33H,6-7,9-10,15H2,1H3,(H,26,27). The quantitative estimate of drug-likeness (QED) is 0.346. The Labute approximate surface area is 207 Å². The molecule has 0 aliphatic carbocycles. The third-order valence-corrected chi connectivity index (χ3v) is 7.57. The van der Waals surface area contributed by atoms with Crippen molar-refractivity contribution in [3.63, 3.8) is 0 Å². The van der Waals surface area contributed by atoms with E-state index in [1.54, 1.807) is 42.7 Å². The second kappa shape index (κ2) is 9.90. The van der Waals surface area contributed by atoms with Crippen molar-refractivity contribution in [2.75, 3.05) is 25.5 Å². The Morgan fingerprint density at radius 3 is 2.67 bits per heavy atom. The van der Waals surface area contributed by atoms with Crippen LogP contribution in [0.4, 0.5) is 15.9 Å². The third kappa shape index (κ3) is 5.21. The van der Waals surface area contributed by atoms with Crippen molar-refractivity contribution in [2.45, 2.75) is 30.5 Å². The maximum absolute atomic E-state index is 14.8. The molecule has 3 N–H and O–H groups in total. The number of likely N-dealkylation sites (tertiary alicyclic amines) is 1. The fraction of sp³-hybridized carbons (Fsp3) is 0.292. The van der Waals surface area contributed by atoms with Crippen molar-refractivity contribution in [3.8, 4) is 5.69 Å². The number of aliphatic hydroxyl groups is 1. The number of hydrogen-bond donors (Lipinski definition) is 3. The molecule has 1 aliphatic rings. The summed E-state index contributed by atoms with van der Waals surface area (Å²) in [5, 5.41) is 16.8. The van der Waals surface area contributed by atoms with Crippen molar-refractivity contribution in [1.82, 2.24) is 29.4 Å². The van der Waals surface area contributed by atoms with Crippen LogP contribution in [0.2, 0.25) is 0 Å². The fourth-order valence-electron chi connectivity index (χ4n) is 4.10. The van der Waals surface area contributed by atoms with Gasteiger partial charge in [-0.05, 0) is 63.3 Å². The van der Waals surface area contributed by atoms with Crippen molar-refractivity contribution < 1.29 is 17.9 Å². The highest BCUT2D eigenvalue weighted by Gasteiger charge is 2.24. The van der Waals surface area contributed by atoms with E-state index in [-0.39, 0.29) is 23.4 Å². The number of aliphatic hydroxyl groups excluding tert-OH is 1. The topological polar surface area (TPSA) is 125 Å². The summed E-state index contributed by atoms with van der Waals surface area (Å²) in [6.45, 7) is 1.47. The predicted octanol–water partition coefficient (Wildman–Crippen LogP) is 2.56. The SMILES string of the molecule is CN1CCC(NS(=O)(=O)c2ccc3cnc(Nc4ccc(-n5ccc(CO)n5)cc4F)cc3n2)CC1. The van der Waals surface area contributed by atoms with Gasteiger partial charge in [0.1, 0.15) is 11.6 Å². The number of piperidine rings is 1. The number of anilines is 2. The molecule has 188 valence electrons. The minimum atomic E-state index is -3.78. The van der Waals surface area contributed by atoms with Crippen molar-refractivity contribution >= 4 is 32.4 Å². The smallest absolute Gasteiger partial charge is 0.258 e. The summed E-state index contributed by atoms with van der Waals surface area (Å²) in [5.41, 5.74) is 1.59. The molecule has 4 aromatic rings. The van der Waals surface area contributed by atoms with E-state index in [0.717, 1.165) is 25.9 Å². The molecule has 0 unspecified atom stereocenters. The van der Waals surface area contributed by atoms with E-state index >= 15 is 0 Å². The Kier molecular flexibility index (Phi) is 6.67. The lowest BCUT2D eigenvalue weighted by molar-refractivity contribution is 0.248. The van der Waals surface area contributed by atoms with Crippen LogP contribution in [0.1, 0.15) is 18.5 Å². The van der Waals surface area contributed by atoms with Gasteiger partial charge >= 0.3 is 0 Å². The van der Waals surface area contributed by atoms with Gasteiger partial charge in [-0.1, -0.05) is 0 Å². The maximum Gasteiger partial charge on any atom is 0.258 e. The minimum absolute atomic E-state index is 0.0666. The van der Waals surface area contributed by atoms with Gasteiger partial charge in [0, 0.05) is 36.0 Å². The molecule has 36 heavy (non-hydrogen) atoms. The van der Waals surface area contributed by atoms with Crippen LogP contribution in [0.15, 0.2) is 59.9 Å². The Bertz CT molecular complexity index is 1500. The zero-order valence-electron chi connectivity index (χ0n) is 19.6. The molecule has 5 rings (SSSR count). The zero-order chi connectivity index (χ0) is 25.3. The molecule has 0 amide bonds. The molecule has 0 spiro atoms. The molecule has 12 heteroatoms. The number of benzene rings is 1. The molecule has 1 aromatic carbocycles. The molecule has 0 saturated carbocycles. The normalized spacial score (nSPS) is 15.4. The minimum Gasteiger partial charge on any atom is -0.390 e. The van der Waals surface area contributed by atoms with Crippen LogP contribution in [0.25, 0.3) is 16.6 Å². The maximum atomic E-state index is 14.8. The molecule has 0 atom stereocenters. The van der Waals surface area contributed by atoms with Crippen LogP contribution in [-0.4, -0.2) is 64.4 Å². The first kappa shape index (κ1) is 24.3. The van der Waals surface area contributed by atoms with E-state index in [1.165, 1.54) is 16.8 Å². The van der Waals surface area contributed by atoms with Crippen LogP contribution < -0.4 is 10.0 Å². The number of aromatic nitrogens is 4. The van der Waals surface area contributed by atoms with E-state index in [2.05, 4.69) is 30.0 Å². The summed E-state index contributed by atoms with van der Waals surface area (Å²) in [4.78, 5) is 10.8. The van der Waals surface area contributed by atoms with Gasteiger partial charge in [-0.25, -0.2) is 32.2 Å². The number of halogens is 1. The van der Waals surface area contributed by atoms with Gasteiger partial charge in [-0.3, -0.25) is 0 Å². The highest BCUT2D eigenvalue weighted by atomic mass is 32.2. The van der Waals surface area contributed by atoms with Gasteiger partial charge in [0.05, 0.1) is 29.2 Å². The van der Waals surface area contributed by atoms with Crippen molar-refractivity contribution in [1.29, 1.82) is 0 Å². The van der Waals surface area contributed by atoms with Gasteiger partial charge in [-0.15, -0.1) is 0 Å². The highest BCUT2D eigenvalue weighted by Crippen LogP contribution is 2.24. The fourth-order valence-corrected chi connectivity index (χ4v) is 5.36. The summed E-state index contributed by atoms with van der Waals surface area (Å²) < 4.78 is 44.9. The van der Waals surface area contributed by atoms with Gasteiger partial charge < -0.3 is 15.3 Å². The van der Waals surface area contributed by atoms with E-state index in [4.69, 9.17) is 5.11 Å². The summed E-state index contributed by atoms with van der Waals surface area (Å²) in [6.07, 6.45) is 4.68. The van der Waals surface area contributed by atoms with Crippen molar-refractivity contribution in [3.05, 3.63) is 66.4 Å². The predicted molar refractivity (Wildman–Crippen MR) is 133 cm³/mol. The molecule has 0 radical (unpaired) electrons. The Hall–Kier alpha value is -3.45. The highest BCUT2D eigenvalue weighted by molar-refractivity contribution is 7.89. The largest absolute Gasteiger partial charge is 0.390 e. The summed E-state index contributed by atoms with van der Waals surface area (Å²) in [6, 6.07) is 10.8. The number of sulfonamides is 1. The van der Waals surface area contributed by atoms with Crippen LogP contribution in [0.3, 0.4) is 0 Å². The average Bonchev–Trinajstić information content (AvgIpc) is 3.35. The lowest BCUT2D eigenvalue weighted by Gasteiger charge is -2.29. The van der Waals surface area contributed by atoms with E-state index < -0.39 is 15.8 Å². The van der Waals surface area contributed by atoms with E-state index in [1.807, 2.05) is 7.05 Å². The number of pyridine rings is 2. The van der Waals surface area contributed by atoms with Gasteiger partial charge in [0.2, 0.25) is 0 Å². The summed E-state index contributed by atoms with van der Waals surface area (Å²) >= 11 is 0. The molecule has 1 saturated heterocycles.